The van der Waals surface area contributed by atoms with Crippen LogP contribution in [-0.2, 0) is 11.2 Å². The van der Waals surface area contributed by atoms with Crippen molar-refractivity contribution in [1.82, 2.24) is 9.88 Å². The summed E-state index contributed by atoms with van der Waals surface area (Å²) >= 11 is 0. The minimum absolute atomic E-state index is 0.0376. The van der Waals surface area contributed by atoms with Crippen LogP contribution in [0.2, 0.25) is 0 Å². The van der Waals surface area contributed by atoms with Crippen molar-refractivity contribution in [3.63, 3.8) is 0 Å². The lowest BCUT2D eigenvalue weighted by Gasteiger charge is -2.36. The summed E-state index contributed by atoms with van der Waals surface area (Å²) in [6, 6.07) is 11.8. The van der Waals surface area contributed by atoms with E-state index in [2.05, 4.69) is 4.98 Å². The van der Waals surface area contributed by atoms with Crippen LogP contribution in [0.5, 0.6) is 0 Å². The van der Waals surface area contributed by atoms with Gasteiger partial charge >= 0.3 is 0 Å². The lowest BCUT2D eigenvalue weighted by atomic mass is 10.0. The predicted molar refractivity (Wildman–Crippen MR) is 105 cm³/mol. The molecule has 0 atom stereocenters. The highest BCUT2D eigenvalue weighted by atomic mass is 19.1. The van der Waals surface area contributed by atoms with Crippen LogP contribution < -0.4 is 4.90 Å². The first-order valence-corrected chi connectivity index (χ1v) is 9.34. The van der Waals surface area contributed by atoms with Crippen LogP contribution in [0.4, 0.5) is 14.5 Å². The van der Waals surface area contributed by atoms with E-state index >= 15 is 0 Å². The molecule has 1 amide bonds. The van der Waals surface area contributed by atoms with Gasteiger partial charge in [0.1, 0.15) is 17.2 Å². The predicted octanol–water partition coefficient (Wildman–Crippen LogP) is 3.71. The van der Waals surface area contributed by atoms with E-state index in [0.29, 0.717) is 38.3 Å². The fourth-order valence-electron chi connectivity index (χ4n) is 3.72. The van der Waals surface area contributed by atoms with Crippen molar-refractivity contribution in [1.29, 1.82) is 0 Å². The number of benzene rings is 2. The molecule has 1 saturated heterocycles. The molecule has 0 radical (unpaired) electrons. The highest BCUT2D eigenvalue weighted by molar-refractivity contribution is 5.92. The van der Waals surface area contributed by atoms with E-state index in [-0.39, 0.29) is 16.8 Å². The van der Waals surface area contributed by atoms with Crippen LogP contribution in [0, 0.1) is 18.6 Å². The van der Waals surface area contributed by atoms with Crippen LogP contribution in [-0.4, -0.2) is 42.0 Å². The number of anilines is 1. The molecule has 1 aromatic heterocycles. The Bertz CT molecular complexity index is 1030. The molecule has 0 saturated carbocycles. The molecule has 0 aliphatic carbocycles. The summed E-state index contributed by atoms with van der Waals surface area (Å²) in [5.41, 5.74) is 2.80. The van der Waals surface area contributed by atoms with E-state index in [1.54, 1.807) is 6.07 Å². The minimum Gasteiger partial charge on any atom is -0.367 e. The first kappa shape index (κ1) is 18.3. The van der Waals surface area contributed by atoms with Gasteiger partial charge < -0.3 is 9.80 Å². The summed E-state index contributed by atoms with van der Waals surface area (Å²) in [4.78, 5) is 20.5. The van der Waals surface area contributed by atoms with E-state index in [1.165, 1.54) is 6.20 Å². The molecule has 3 aromatic rings. The maximum absolute atomic E-state index is 14.4. The van der Waals surface area contributed by atoms with Gasteiger partial charge in [0.05, 0.1) is 17.5 Å². The Balaban J connectivity index is 1.49. The molecule has 4 rings (SSSR count). The van der Waals surface area contributed by atoms with E-state index in [9.17, 15) is 13.6 Å². The van der Waals surface area contributed by atoms with Crippen molar-refractivity contribution in [2.24, 2.45) is 0 Å². The molecule has 0 unspecified atom stereocenters. The van der Waals surface area contributed by atoms with Crippen molar-refractivity contribution >= 4 is 22.5 Å². The van der Waals surface area contributed by atoms with E-state index < -0.39 is 11.6 Å². The summed E-state index contributed by atoms with van der Waals surface area (Å²) < 4.78 is 28.4. The van der Waals surface area contributed by atoms with Gasteiger partial charge in [-0.05, 0) is 36.2 Å². The molecular weight excluding hydrogens is 360 g/mol. The Morgan fingerprint density at radius 1 is 1.00 bits per heavy atom. The zero-order chi connectivity index (χ0) is 19.7. The number of aromatic nitrogens is 1. The highest BCUT2D eigenvalue weighted by Gasteiger charge is 2.24. The molecule has 4 nitrogen and oxygen atoms in total. The molecule has 1 aliphatic heterocycles. The van der Waals surface area contributed by atoms with Gasteiger partial charge in [-0.15, -0.1) is 0 Å². The number of nitrogens with zero attached hydrogens (tertiary/aromatic N) is 3. The van der Waals surface area contributed by atoms with Gasteiger partial charge in [0, 0.05) is 32.4 Å². The monoisotopic (exact) mass is 381 g/mol. The van der Waals surface area contributed by atoms with Crippen LogP contribution >= 0.6 is 0 Å². The molecule has 144 valence electrons. The third-order valence-electron chi connectivity index (χ3n) is 5.35. The first-order valence-electron chi connectivity index (χ1n) is 9.34. The molecular formula is C22H21F2N3O. The lowest BCUT2D eigenvalue weighted by molar-refractivity contribution is -0.130. The molecule has 0 spiro atoms. The molecule has 6 heteroatoms. The number of rotatable bonds is 3. The van der Waals surface area contributed by atoms with Crippen molar-refractivity contribution < 1.29 is 13.6 Å². The van der Waals surface area contributed by atoms with Crippen LogP contribution in [0.15, 0.2) is 48.7 Å². The van der Waals surface area contributed by atoms with E-state index in [0.717, 1.165) is 23.3 Å². The SMILES string of the molecule is Cc1ccccc1CC(=O)N1CCN(c2ccnc3c(F)ccc(F)c23)CC1. The van der Waals surface area contributed by atoms with Gasteiger partial charge in [-0.25, -0.2) is 8.78 Å². The smallest absolute Gasteiger partial charge is 0.227 e. The Labute approximate surface area is 162 Å². The Hall–Kier alpha value is -3.02. The number of hydrogen-bond donors (Lipinski definition) is 0. The van der Waals surface area contributed by atoms with Gasteiger partial charge in [0.15, 0.2) is 0 Å². The second kappa shape index (κ2) is 7.54. The van der Waals surface area contributed by atoms with Gasteiger partial charge in [-0.2, -0.15) is 0 Å². The van der Waals surface area contributed by atoms with E-state index in [1.807, 2.05) is 41.0 Å². The van der Waals surface area contributed by atoms with Crippen molar-refractivity contribution in [2.75, 3.05) is 31.1 Å². The third kappa shape index (κ3) is 3.42. The number of carbonyl (C=O) groups excluding carboxylic acids is 1. The van der Waals surface area contributed by atoms with Crippen LogP contribution in [0.25, 0.3) is 10.9 Å². The minimum atomic E-state index is -0.537. The third-order valence-corrected chi connectivity index (χ3v) is 5.35. The molecule has 2 heterocycles. The zero-order valence-corrected chi connectivity index (χ0v) is 15.7. The Kier molecular flexibility index (Phi) is 4.94. The van der Waals surface area contributed by atoms with Crippen molar-refractivity contribution in [3.8, 4) is 0 Å². The second-order valence-corrected chi connectivity index (χ2v) is 7.05. The summed E-state index contributed by atoms with van der Waals surface area (Å²) in [5.74, 6) is -0.936. The largest absolute Gasteiger partial charge is 0.367 e. The highest BCUT2D eigenvalue weighted by Crippen LogP contribution is 2.30. The Morgan fingerprint density at radius 3 is 2.46 bits per heavy atom. The number of fused-ring (bicyclic) bond motifs is 1. The molecule has 1 aliphatic rings. The lowest BCUT2D eigenvalue weighted by Crippen LogP contribution is -2.49. The van der Waals surface area contributed by atoms with Crippen molar-refractivity contribution in [3.05, 3.63) is 71.4 Å². The van der Waals surface area contributed by atoms with Crippen LogP contribution in [0.1, 0.15) is 11.1 Å². The average molecular weight is 381 g/mol. The number of carbonyl (C=O) groups is 1. The molecule has 0 N–H and O–H groups in total. The maximum Gasteiger partial charge on any atom is 0.227 e. The topological polar surface area (TPSA) is 36.4 Å². The van der Waals surface area contributed by atoms with Gasteiger partial charge in [-0.3, -0.25) is 9.78 Å². The number of halogens is 2. The van der Waals surface area contributed by atoms with E-state index in [4.69, 9.17) is 0 Å². The standard InChI is InChI=1S/C22H21F2N3O/c1-15-4-2-3-5-16(15)14-20(28)27-12-10-26(11-13-27)19-8-9-25-22-18(24)7-6-17(23)21(19)22/h2-9H,10-14H2,1H3. The van der Waals surface area contributed by atoms with Crippen molar-refractivity contribution in [2.45, 2.75) is 13.3 Å². The van der Waals surface area contributed by atoms with Gasteiger partial charge in [0.25, 0.3) is 0 Å². The number of hydrogen-bond acceptors (Lipinski definition) is 3. The maximum atomic E-state index is 14.4. The molecule has 0 bridgehead atoms. The number of pyridine rings is 1. The molecule has 28 heavy (non-hydrogen) atoms. The fraction of sp³-hybridized carbons (Fsp3) is 0.273. The summed E-state index contributed by atoms with van der Waals surface area (Å²) in [6.45, 7) is 4.23. The number of piperazine rings is 1. The first-order chi connectivity index (χ1) is 13.5. The number of amides is 1. The summed E-state index contributed by atoms with van der Waals surface area (Å²) in [5, 5.41) is 0.196. The van der Waals surface area contributed by atoms with Gasteiger partial charge in [-0.1, -0.05) is 24.3 Å². The summed E-state index contributed by atoms with van der Waals surface area (Å²) in [7, 11) is 0. The van der Waals surface area contributed by atoms with Crippen LogP contribution in [0.3, 0.4) is 0 Å². The molecule has 1 fully saturated rings. The average Bonchev–Trinajstić information content (AvgIpc) is 2.72. The fourth-order valence-corrected chi connectivity index (χ4v) is 3.72. The number of aryl methyl sites for hydroxylation is 1. The summed E-state index contributed by atoms with van der Waals surface area (Å²) in [6.07, 6.45) is 1.88. The normalized spacial score (nSPS) is 14.5. The molecule has 2 aromatic carbocycles. The second-order valence-electron chi connectivity index (χ2n) is 7.05. The van der Waals surface area contributed by atoms with Gasteiger partial charge in [0.2, 0.25) is 5.91 Å². The zero-order valence-electron chi connectivity index (χ0n) is 15.7. The quantitative estimate of drug-likeness (QED) is 0.694. The Morgan fingerprint density at radius 2 is 1.71 bits per heavy atom.